The normalized spacial score (nSPS) is 10.6. The van der Waals surface area contributed by atoms with Gasteiger partial charge in [0.05, 0.1) is 0 Å². The SMILES string of the molecule is Cc1ccc(C(=O)C=CNc2ccc(C(N)=O)cc2)cc1C. The van der Waals surface area contributed by atoms with E-state index in [9.17, 15) is 9.59 Å². The number of nitrogens with one attached hydrogen (secondary N) is 1. The monoisotopic (exact) mass is 294 g/mol. The van der Waals surface area contributed by atoms with Crippen LogP contribution in [0, 0.1) is 13.8 Å². The van der Waals surface area contributed by atoms with Gasteiger partial charge in [-0.2, -0.15) is 0 Å². The average Bonchev–Trinajstić information content (AvgIpc) is 2.50. The van der Waals surface area contributed by atoms with Crippen LogP contribution in [0.25, 0.3) is 0 Å². The number of benzene rings is 2. The summed E-state index contributed by atoms with van der Waals surface area (Å²) in [5, 5.41) is 2.98. The summed E-state index contributed by atoms with van der Waals surface area (Å²) in [6.45, 7) is 3.99. The Labute approximate surface area is 129 Å². The smallest absolute Gasteiger partial charge is 0.248 e. The molecule has 0 radical (unpaired) electrons. The molecule has 0 bridgehead atoms. The summed E-state index contributed by atoms with van der Waals surface area (Å²) >= 11 is 0. The van der Waals surface area contributed by atoms with Crippen molar-refractivity contribution < 1.29 is 9.59 Å². The molecule has 0 saturated carbocycles. The van der Waals surface area contributed by atoms with Gasteiger partial charge < -0.3 is 11.1 Å². The number of anilines is 1. The largest absolute Gasteiger partial charge is 0.366 e. The van der Waals surface area contributed by atoms with Crippen molar-refractivity contribution in [3.05, 3.63) is 77.0 Å². The molecule has 4 nitrogen and oxygen atoms in total. The molecular weight excluding hydrogens is 276 g/mol. The zero-order chi connectivity index (χ0) is 16.1. The lowest BCUT2D eigenvalue weighted by molar-refractivity contribution is 0.0999. The van der Waals surface area contributed by atoms with Gasteiger partial charge in [-0.15, -0.1) is 0 Å². The first kappa shape index (κ1) is 15.5. The van der Waals surface area contributed by atoms with E-state index >= 15 is 0 Å². The molecule has 0 aromatic heterocycles. The molecule has 22 heavy (non-hydrogen) atoms. The summed E-state index contributed by atoms with van der Waals surface area (Å²) in [6, 6.07) is 12.3. The van der Waals surface area contributed by atoms with Gasteiger partial charge in [0.15, 0.2) is 5.78 Å². The number of hydrogen-bond donors (Lipinski definition) is 2. The van der Waals surface area contributed by atoms with Gasteiger partial charge in [-0.25, -0.2) is 0 Å². The Bertz CT molecular complexity index is 731. The molecule has 0 unspecified atom stereocenters. The Hall–Kier alpha value is -2.88. The molecule has 0 atom stereocenters. The third-order valence-corrected chi connectivity index (χ3v) is 3.45. The van der Waals surface area contributed by atoms with E-state index in [1.807, 2.05) is 32.0 Å². The minimum absolute atomic E-state index is 0.0654. The van der Waals surface area contributed by atoms with E-state index in [0.29, 0.717) is 11.1 Å². The van der Waals surface area contributed by atoms with Crippen LogP contribution in [0.2, 0.25) is 0 Å². The molecule has 4 heteroatoms. The van der Waals surface area contributed by atoms with E-state index in [0.717, 1.165) is 16.8 Å². The van der Waals surface area contributed by atoms with Gasteiger partial charge in [-0.1, -0.05) is 12.1 Å². The summed E-state index contributed by atoms with van der Waals surface area (Å²) in [5.41, 5.74) is 9.30. The van der Waals surface area contributed by atoms with E-state index in [1.165, 1.54) is 6.08 Å². The fraction of sp³-hybridized carbons (Fsp3) is 0.111. The molecule has 0 saturated heterocycles. The van der Waals surface area contributed by atoms with Crippen molar-refractivity contribution in [2.45, 2.75) is 13.8 Å². The number of primary amides is 1. The Morgan fingerprint density at radius 1 is 0.955 bits per heavy atom. The second-order valence-corrected chi connectivity index (χ2v) is 5.08. The first-order chi connectivity index (χ1) is 10.5. The molecule has 0 fully saturated rings. The van der Waals surface area contributed by atoms with Crippen molar-refractivity contribution >= 4 is 17.4 Å². The predicted octanol–water partition coefficient (Wildman–Crippen LogP) is 3.21. The third-order valence-electron chi connectivity index (χ3n) is 3.45. The van der Waals surface area contributed by atoms with Crippen molar-refractivity contribution in [1.82, 2.24) is 0 Å². The van der Waals surface area contributed by atoms with Crippen LogP contribution in [0.15, 0.2) is 54.7 Å². The maximum atomic E-state index is 12.1. The molecule has 0 heterocycles. The lowest BCUT2D eigenvalue weighted by Crippen LogP contribution is -2.10. The molecule has 2 aromatic carbocycles. The molecule has 3 N–H and O–H groups in total. The van der Waals surface area contributed by atoms with Crippen LogP contribution in [-0.4, -0.2) is 11.7 Å². The minimum atomic E-state index is -0.466. The molecule has 2 aromatic rings. The van der Waals surface area contributed by atoms with E-state index in [4.69, 9.17) is 5.73 Å². The highest BCUT2D eigenvalue weighted by Crippen LogP contribution is 2.12. The second kappa shape index (κ2) is 6.72. The summed E-state index contributed by atoms with van der Waals surface area (Å²) < 4.78 is 0. The van der Waals surface area contributed by atoms with Crippen LogP contribution in [0.5, 0.6) is 0 Å². The number of rotatable bonds is 5. The van der Waals surface area contributed by atoms with Gasteiger partial charge in [-0.05, 0) is 55.3 Å². The quantitative estimate of drug-likeness (QED) is 0.657. The van der Waals surface area contributed by atoms with Gasteiger partial charge in [0.1, 0.15) is 0 Å². The Kier molecular flexibility index (Phi) is 4.73. The second-order valence-electron chi connectivity index (χ2n) is 5.08. The highest BCUT2D eigenvalue weighted by atomic mass is 16.1. The maximum Gasteiger partial charge on any atom is 0.248 e. The first-order valence-electron chi connectivity index (χ1n) is 6.92. The van der Waals surface area contributed by atoms with Crippen LogP contribution in [0.4, 0.5) is 5.69 Å². The molecule has 1 amide bonds. The van der Waals surface area contributed by atoms with Gasteiger partial charge in [0, 0.05) is 29.1 Å². The standard InChI is InChI=1S/C18H18N2O2/c1-12-3-4-15(11-13(12)2)17(21)9-10-20-16-7-5-14(6-8-16)18(19)22/h3-11,20H,1-2H3,(H2,19,22). The van der Waals surface area contributed by atoms with Crippen LogP contribution < -0.4 is 11.1 Å². The lowest BCUT2D eigenvalue weighted by Gasteiger charge is -2.03. The van der Waals surface area contributed by atoms with Crippen LogP contribution in [0.3, 0.4) is 0 Å². The zero-order valence-electron chi connectivity index (χ0n) is 12.6. The first-order valence-corrected chi connectivity index (χ1v) is 6.92. The minimum Gasteiger partial charge on any atom is -0.366 e. The predicted molar refractivity (Wildman–Crippen MR) is 88.0 cm³/mol. The van der Waals surface area contributed by atoms with E-state index in [1.54, 1.807) is 30.5 Å². The lowest BCUT2D eigenvalue weighted by atomic mass is 10.0. The highest BCUT2D eigenvalue weighted by molar-refractivity contribution is 6.04. The summed E-state index contributed by atoms with van der Waals surface area (Å²) in [5.74, 6) is -0.531. The number of carbonyl (C=O) groups is 2. The maximum absolute atomic E-state index is 12.1. The van der Waals surface area contributed by atoms with Crippen molar-refractivity contribution in [3.8, 4) is 0 Å². The summed E-state index contributed by atoms with van der Waals surface area (Å²) in [6.07, 6.45) is 3.06. The fourth-order valence-electron chi connectivity index (χ4n) is 1.94. The molecule has 0 aliphatic carbocycles. The zero-order valence-corrected chi connectivity index (χ0v) is 12.6. The van der Waals surface area contributed by atoms with Crippen molar-refractivity contribution in [2.24, 2.45) is 5.73 Å². The third kappa shape index (κ3) is 3.82. The summed E-state index contributed by atoms with van der Waals surface area (Å²) in [4.78, 5) is 23.0. The van der Waals surface area contributed by atoms with E-state index in [2.05, 4.69) is 5.32 Å². The molecule has 0 aliphatic heterocycles. The number of nitrogens with two attached hydrogens (primary N) is 1. The molecule has 112 valence electrons. The van der Waals surface area contributed by atoms with Crippen LogP contribution >= 0.6 is 0 Å². The van der Waals surface area contributed by atoms with Crippen molar-refractivity contribution in [3.63, 3.8) is 0 Å². The fourth-order valence-corrected chi connectivity index (χ4v) is 1.94. The molecule has 0 spiro atoms. The molecule has 0 aliphatic rings. The number of ketones is 1. The number of aryl methyl sites for hydroxylation is 2. The Morgan fingerprint density at radius 2 is 1.59 bits per heavy atom. The molecule has 2 rings (SSSR count). The highest BCUT2D eigenvalue weighted by Gasteiger charge is 2.03. The van der Waals surface area contributed by atoms with Gasteiger partial charge in [-0.3, -0.25) is 9.59 Å². The number of allylic oxidation sites excluding steroid dienone is 1. The van der Waals surface area contributed by atoms with Gasteiger partial charge >= 0.3 is 0 Å². The van der Waals surface area contributed by atoms with Crippen LogP contribution in [-0.2, 0) is 0 Å². The summed E-state index contributed by atoms with van der Waals surface area (Å²) in [7, 11) is 0. The topological polar surface area (TPSA) is 72.2 Å². The van der Waals surface area contributed by atoms with Crippen molar-refractivity contribution in [1.29, 1.82) is 0 Å². The van der Waals surface area contributed by atoms with Gasteiger partial charge in [0.25, 0.3) is 0 Å². The Balaban J connectivity index is 2.00. The number of carbonyl (C=O) groups excluding carboxylic acids is 2. The van der Waals surface area contributed by atoms with E-state index in [-0.39, 0.29) is 5.78 Å². The Morgan fingerprint density at radius 3 is 2.18 bits per heavy atom. The van der Waals surface area contributed by atoms with E-state index < -0.39 is 5.91 Å². The van der Waals surface area contributed by atoms with Crippen LogP contribution in [0.1, 0.15) is 31.8 Å². The number of amides is 1. The van der Waals surface area contributed by atoms with Crippen molar-refractivity contribution in [2.75, 3.05) is 5.32 Å². The van der Waals surface area contributed by atoms with Gasteiger partial charge in [0.2, 0.25) is 5.91 Å². The average molecular weight is 294 g/mol. The molecular formula is C18H18N2O2. The number of hydrogen-bond acceptors (Lipinski definition) is 3.